The Bertz CT molecular complexity index is 1160. The van der Waals surface area contributed by atoms with Crippen molar-refractivity contribution >= 4 is 17.9 Å². The minimum atomic E-state index is -0.487. The number of nitrogens with zero attached hydrogens (tertiary/aromatic N) is 3. The summed E-state index contributed by atoms with van der Waals surface area (Å²) in [5.41, 5.74) is 4.58. The van der Waals surface area contributed by atoms with Crippen LogP contribution in [0.15, 0.2) is 24.4 Å². The fraction of sp³-hybridized carbons (Fsp3) is 0.667. The van der Waals surface area contributed by atoms with Gasteiger partial charge in [0.15, 0.2) is 0 Å². The Morgan fingerprint density at radius 2 is 1.80 bits per heavy atom. The Balaban J connectivity index is 1.32. The number of amides is 1. The Labute approximate surface area is 246 Å². The molecule has 2 saturated carbocycles. The van der Waals surface area contributed by atoms with E-state index in [1.807, 2.05) is 27.0 Å². The van der Waals surface area contributed by atoms with E-state index in [0.717, 1.165) is 69.5 Å². The summed E-state index contributed by atoms with van der Waals surface area (Å²) in [6, 6.07) is 8.10. The average Bonchev–Trinajstić information content (AvgIpc) is 2.95. The maximum atomic E-state index is 12.4. The van der Waals surface area contributed by atoms with Crippen LogP contribution in [0.2, 0.25) is 0 Å². The van der Waals surface area contributed by atoms with Gasteiger partial charge in [-0.15, -0.1) is 0 Å². The number of carbonyl (C=O) groups excluding carboxylic acids is 1. The second kappa shape index (κ2) is 13.4. The van der Waals surface area contributed by atoms with Crippen molar-refractivity contribution in [3.63, 3.8) is 0 Å². The molecular weight excluding hydrogens is 512 g/mol. The Kier molecular flexibility index (Phi) is 9.68. The lowest BCUT2D eigenvalue weighted by Gasteiger charge is -2.41. The number of benzene rings is 1. The van der Waals surface area contributed by atoms with Gasteiger partial charge in [-0.05, 0) is 82.4 Å². The molecule has 5 rings (SSSR count). The van der Waals surface area contributed by atoms with E-state index >= 15 is 0 Å². The van der Waals surface area contributed by atoms with Gasteiger partial charge in [0.1, 0.15) is 11.4 Å². The molecule has 0 radical (unpaired) electrons. The molecule has 1 aromatic heterocycles. The number of anilines is 2. The zero-order valence-corrected chi connectivity index (χ0v) is 25.6. The van der Waals surface area contributed by atoms with Crippen molar-refractivity contribution in [1.29, 1.82) is 0 Å². The molecule has 0 bridgehead atoms. The van der Waals surface area contributed by atoms with Gasteiger partial charge in [0.2, 0.25) is 5.95 Å². The third-order valence-electron chi connectivity index (χ3n) is 8.71. The van der Waals surface area contributed by atoms with Gasteiger partial charge in [0, 0.05) is 49.5 Å². The van der Waals surface area contributed by atoms with E-state index in [4.69, 9.17) is 14.7 Å². The van der Waals surface area contributed by atoms with Crippen LogP contribution < -0.4 is 20.9 Å². The van der Waals surface area contributed by atoms with Gasteiger partial charge in [-0.2, -0.15) is 4.98 Å². The summed E-state index contributed by atoms with van der Waals surface area (Å²) in [4.78, 5) is 24.7. The number of fused-ring (bicyclic) bond motifs is 3. The lowest BCUT2D eigenvalue weighted by Crippen LogP contribution is -2.46. The summed E-state index contributed by atoms with van der Waals surface area (Å²) in [6.45, 7) is 10.5. The molecule has 0 spiro atoms. The third kappa shape index (κ3) is 7.91. The fourth-order valence-electron chi connectivity index (χ4n) is 6.53. The highest BCUT2D eigenvalue weighted by Gasteiger charge is 2.33. The van der Waals surface area contributed by atoms with E-state index in [2.05, 4.69) is 46.0 Å². The van der Waals surface area contributed by atoms with Crippen molar-refractivity contribution in [2.75, 3.05) is 16.8 Å². The van der Waals surface area contributed by atoms with Crippen molar-refractivity contribution in [1.82, 2.24) is 20.6 Å². The molecule has 0 unspecified atom stereocenters. The summed E-state index contributed by atoms with van der Waals surface area (Å²) < 4.78 is 5.50. The first-order valence-electron chi connectivity index (χ1n) is 16.0. The number of carbonyl (C=O) groups is 1. The first-order valence-corrected chi connectivity index (χ1v) is 16.0. The molecule has 0 saturated heterocycles. The molecular formula is C33H50N6O2. The minimum absolute atomic E-state index is 0.145. The van der Waals surface area contributed by atoms with Crippen molar-refractivity contribution < 1.29 is 9.53 Å². The molecule has 2 fully saturated rings. The van der Waals surface area contributed by atoms with Gasteiger partial charge < -0.3 is 25.6 Å². The van der Waals surface area contributed by atoms with Crippen LogP contribution in [0.25, 0.3) is 11.1 Å². The molecule has 3 N–H and O–H groups in total. The number of nitrogens with one attached hydrogen (secondary N) is 3. The molecule has 1 aromatic carbocycles. The highest BCUT2D eigenvalue weighted by Crippen LogP contribution is 2.41. The smallest absolute Gasteiger partial charge is 0.407 e. The van der Waals surface area contributed by atoms with Gasteiger partial charge in [-0.3, -0.25) is 0 Å². The monoisotopic (exact) mass is 562 g/mol. The van der Waals surface area contributed by atoms with Crippen LogP contribution in [-0.2, 0) is 17.8 Å². The first kappa shape index (κ1) is 29.6. The van der Waals surface area contributed by atoms with Crippen LogP contribution in [0.4, 0.5) is 16.6 Å². The zero-order chi connectivity index (χ0) is 28.8. The second-order valence-electron chi connectivity index (χ2n) is 13.2. The molecule has 2 aromatic rings. The summed E-state index contributed by atoms with van der Waals surface area (Å²) in [5, 5.41) is 10.3. The number of alkyl carbamates (subject to hydrolysis) is 1. The highest BCUT2D eigenvalue weighted by molar-refractivity contribution is 5.82. The minimum Gasteiger partial charge on any atom is -0.444 e. The maximum Gasteiger partial charge on any atom is 0.407 e. The molecule has 2 heterocycles. The molecule has 224 valence electrons. The topological polar surface area (TPSA) is 91.4 Å². The maximum absolute atomic E-state index is 12.4. The van der Waals surface area contributed by atoms with Gasteiger partial charge in [-0.1, -0.05) is 50.8 Å². The zero-order valence-electron chi connectivity index (χ0n) is 25.6. The van der Waals surface area contributed by atoms with E-state index in [1.165, 1.54) is 48.8 Å². The summed E-state index contributed by atoms with van der Waals surface area (Å²) in [6.07, 6.45) is 14.4. The predicted molar refractivity (Wildman–Crippen MR) is 166 cm³/mol. The van der Waals surface area contributed by atoms with E-state index in [9.17, 15) is 4.79 Å². The van der Waals surface area contributed by atoms with Gasteiger partial charge in [0.05, 0.1) is 0 Å². The van der Waals surface area contributed by atoms with Gasteiger partial charge >= 0.3 is 6.09 Å². The lowest BCUT2D eigenvalue weighted by molar-refractivity contribution is 0.0491. The molecule has 2 aliphatic carbocycles. The van der Waals surface area contributed by atoms with Crippen LogP contribution >= 0.6 is 0 Å². The van der Waals surface area contributed by atoms with Crippen LogP contribution in [0.1, 0.15) is 109 Å². The molecule has 8 heteroatoms. The Morgan fingerprint density at radius 3 is 2.54 bits per heavy atom. The van der Waals surface area contributed by atoms with Crippen LogP contribution in [0, 0.1) is 0 Å². The number of rotatable bonds is 9. The average molecular weight is 563 g/mol. The number of unbranched alkanes of at least 4 members (excludes halogenated alkanes) is 1. The largest absolute Gasteiger partial charge is 0.444 e. The third-order valence-corrected chi connectivity index (χ3v) is 8.71. The molecule has 41 heavy (non-hydrogen) atoms. The van der Waals surface area contributed by atoms with Crippen LogP contribution in [0.5, 0.6) is 0 Å². The van der Waals surface area contributed by atoms with Crippen LogP contribution in [0.3, 0.4) is 0 Å². The second-order valence-corrected chi connectivity index (χ2v) is 13.2. The molecule has 0 atom stereocenters. The Hall–Kier alpha value is -2.87. The number of hydrogen-bond acceptors (Lipinski definition) is 7. The standard InChI is InChI=1S/C33H50N6O2/c1-5-6-18-34-31-36-21-29-28-17-12-23(20-35-25-10-8-7-9-11-25)19-24(28)22-39(30(29)38-31)27-15-13-26(14-16-27)37-32(40)41-33(2,3)4/h12,17,19,21,25-27,35H,5-11,13-16,18,20,22H2,1-4H3,(H,37,40)(H,34,36,38)/t26-,27-. The van der Waals surface area contributed by atoms with E-state index in [0.29, 0.717) is 18.0 Å². The predicted octanol–water partition coefficient (Wildman–Crippen LogP) is 6.93. The molecule has 3 aliphatic rings. The van der Waals surface area contributed by atoms with Gasteiger partial charge in [0.25, 0.3) is 0 Å². The van der Waals surface area contributed by atoms with Crippen molar-refractivity contribution in [3.8, 4) is 11.1 Å². The fourth-order valence-corrected chi connectivity index (χ4v) is 6.53. The van der Waals surface area contributed by atoms with Gasteiger partial charge in [-0.25, -0.2) is 9.78 Å². The van der Waals surface area contributed by atoms with E-state index in [-0.39, 0.29) is 12.1 Å². The lowest BCUT2D eigenvalue weighted by atomic mass is 9.87. The first-order chi connectivity index (χ1) is 19.8. The number of aromatic nitrogens is 2. The van der Waals surface area contributed by atoms with Crippen LogP contribution in [-0.4, -0.2) is 46.3 Å². The Morgan fingerprint density at radius 1 is 1.02 bits per heavy atom. The van der Waals surface area contributed by atoms with E-state index in [1.54, 1.807) is 0 Å². The highest BCUT2D eigenvalue weighted by atomic mass is 16.6. The molecule has 1 aliphatic heterocycles. The number of ether oxygens (including phenoxy) is 1. The summed E-state index contributed by atoms with van der Waals surface area (Å²) in [5.74, 6) is 1.74. The number of hydrogen-bond donors (Lipinski definition) is 3. The van der Waals surface area contributed by atoms with E-state index < -0.39 is 5.60 Å². The molecule has 8 nitrogen and oxygen atoms in total. The quantitative estimate of drug-likeness (QED) is 0.285. The van der Waals surface area contributed by atoms with Crippen molar-refractivity contribution in [2.45, 2.75) is 135 Å². The van der Waals surface area contributed by atoms with Crippen molar-refractivity contribution in [3.05, 3.63) is 35.5 Å². The summed E-state index contributed by atoms with van der Waals surface area (Å²) >= 11 is 0. The summed E-state index contributed by atoms with van der Waals surface area (Å²) in [7, 11) is 0. The van der Waals surface area contributed by atoms with Crippen molar-refractivity contribution in [2.24, 2.45) is 0 Å². The SMILES string of the molecule is CCCCNc1ncc2c(n1)N([C@H]1CC[C@H](NC(=O)OC(C)(C)C)CC1)Cc1cc(CNC3CCCCC3)ccc1-2. The molecule has 1 amide bonds. The normalized spacial score (nSPS) is 21.1.